The second kappa shape index (κ2) is 4.86. The van der Waals surface area contributed by atoms with Crippen LogP contribution in [0.1, 0.15) is 10.4 Å². The van der Waals surface area contributed by atoms with Crippen molar-refractivity contribution in [3.8, 4) is 11.1 Å². The average molecular weight is 313 g/mol. The lowest BCUT2D eigenvalue weighted by Crippen LogP contribution is -2.00. The molecule has 0 aliphatic carbocycles. The number of benzene rings is 2. The fourth-order valence-electron chi connectivity index (χ4n) is 1.57. The zero-order chi connectivity index (χ0) is 13.3. The molecule has 0 atom stereocenters. The van der Waals surface area contributed by atoms with Gasteiger partial charge in [0.15, 0.2) is 0 Å². The van der Waals surface area contributed by atoms with Crippen LogP contribution in [0.25, 0.3) is 11.1 Å². The summed E-state index contributed by atoms with van der Waals surface area (Å²) in [5, 5.41) is 8.70. The molecular formula is C13H7BrF2O2. The van der Waals surface area contributed by atoms with E-state index in [4.69, 9.17) is 5.11 Å². The minimum atomic E-state index is -1.35. The zero-order valence-electron chi connectivity index (χ0n) is 8.95. The van der Waals surface area contributed by atoms with E-state index in [1.807, 2.05) is 0 Å². The molecule has 18 heavy (non-hydrogen) atoms. The van der Waals surface area contributed by atoms with Gasteiger partial charge in [0.05, 0.1) is 5.56 Å². The van der Waals surface area contributed by atoms with Crippen LogP contribution in [0.4, 0.5) is 8.78 Å². The molecule has 2 aromatic carbocycles. The molecular weight excluding hydrogens is 306 g/mol. The van der Waals surface area contributed by atoms with Crippen molar-refractivity contribution in [2.45, 2.75) is 0 Å². The Morgan fingerprint density at radius 2 is 1.78 bits per heavy atom. The van der Waals surface area contributed by atoms with E-state index in [-0.39, 0.29) is 11.1 Å². The number of rotatable bonds is 2. The summed E-state index contributed by atoms with van der Waals surface area (Å²) in [6.45, 7) is 0. The summed E-state index contributed by atoms with van der Waals surface area (Å²) in [4.78, 5) is 10.7. The molecule has 0 saturated heterocycles. The van der Waals surface area contributed by atoms with Crippen LogP contribution in [-0.4, -0.2) is 11.1 Å². The minimum absolute atomic E-state index is 0.209. The van der Waals surface area contributed by atoms with E-state index in [2.05, 4.69) is 15.9 Å². The predicted molar refractivity (Wildman–Crippen MR) is 66.5 cm³/mol. The number of carboxylic acids is 1. The van der Waals surface area contributed by atoms with Gasteiger partial charge in [-0.25, -0.2) is 13.6 Å². The number of hydrogen-bond donors (Lipinski definition) is 1. The van der Waals surface area contributed by atoms with Crippen LogP contribution in [0.2, 0.25) is 0 Å². The number of halogens is 3. The summed E-state index contributed by atoms with van der Waals surface area (Å²) in [5.41, 5.74) is 0.0608. The lowest BCUT2D eigenvalue weighted by atomic mass is 10.0. The van der Waals surface area contributed by atoms with Gasteiger partial charge in [0.1, 0.15) is 11.6 Å². The van der Waals surface area contributed by atoms with E-state index < -0.39 is 23.2 Å². The van der Waals surface area contributed by atoms with Crippen molar-refractivity contribution in [3.63, 3.8) is 0 Å². The summed E-state index contributed by atoms with van der Waals surface area (Å²) in [7, 11) is 0. The van der Waals surface area contributed by atoms with Gasteiger partial charge in [0.25, 0.3) is 0 Å². The Balaban J connectivity index is 2.55. The van der Waals surface area contributed by atoms with E-state index >= 15 is 0 Å². The van der Waals surface area contributed by atoms with Gasteiger partial charge in [-0.05, 0) is 35.9 Å². The Morgan fingerprint density at radius 3 is 2.39 bits per heavy atom. The average Bonchev–Trinajstić information content (AvgIpc) is 2.31. The number of carboxylic acid groups (broad SMARTS) is 1. The maximum Gasteiger partial charge on any atom is 0.338 e. The molecule has 0 radical (unpaired) electrons. The van der Waals surface area contributed by atoms with Gasteiger partial charge >= 0.3 is 5.97 Å². The Hall–Kier alpha value is -1.75. The first-order chi connectivity index (χ1) is 8.49. The fourth-order valence-corrected chi connectivity index (χ4v) is 1.94. The molecule has 0 bridgehead atoms. The van der Waals surface area contributed by atoms with E-state index in [0.717, 1.165) is 12.1 Å². The normalized spacial score (nSPS) is 10.4. The third kappa shape index (κ3) is 2.41. The summed E-state index contributed by atoms with van der Waals surface area (Å²) in [5.74, 6) is -2.74. The highest BCUT2D eigenvalue weighted by Crippen LogP contribution is 2.27. The Kier molecular flexibility index (Phi) is 3.43. The molecule has 92 valence electrons. The Morgan fingerprint density at radius 1 is 1.06 bits per heavy atom. The molecule has 0 fully saturated rings. The van der Waals surface area contributed by atoms with Crippen LogP contribution >= 0.6 is 15.9 Å². The van der Waals surface area contributed by atoms with Gasteiger partial charge in [-0.3, -0.25) is 0 Å². The molecule has 2 aromatic rings. The molecule has 0 saturated carbocycles. The van der Waals surface area contributed by atoms with Crippen LogP contribution in [0.3, 0.4) is 0 Å². The second-order valence-electron chi connectivity index (χ2n) is 3.62. The molecule has 0 spiro atoms. The standard InChI is InChI=1S/C13H7BrF2O2/c14-8-2-4-11(15)10(6-8)7-1-3-9(13(17)18)12(16)5-7/h1-6H,(H,17,18). The first-order valence-electron chi connectivity index (χ1n) is 4.97. The smallest absolute Gasteiger partial charge is 0.338 e. The van der Waals surface area contributed by atoms with Crippen molar-refractivity contribution in [1.29, 1.82) is 0 Å². The minimum Gasteiger partial charge on any atom is -0.478 e. The number of aromatic carboxylic acids is 1. The van der Waals surface area contributed by atoms with Gasteiger partial charge in [-0.1, -0.05) is 22.0 Å². The van der Waals surface area contributed by atoms with Gasteiger partial charge in [0.2, 0.25) is 0 Å². The molecule has 2 rings (SSSR count). The lowest BCUT2D eigenvalue weighted by Gasteiger charge is -2.06. The molecule has 0 aliphatic heterocycles. The topological polar surface area (TPSA) is 37.3 Å². The molecule has 0 amide bonds. The van der Waals surface area contributed by atoms with Gasteiger partial charge in [-0.15, -0.1) is 0 Å². The Labute approximate surface area is 110 Å². The molecule has 0 unspecified atom stereocenters. The quantitative estimate of drug-likeness (QED) is 0.906. The van der Waals surface area contributed by atoms with Crippen molar-refractivity contribution in [2.24, 2.45) is 0 Å². The monoisotopic (exact) mass is 312 g/mol. The largest absolute Gasteiger partial charge is 0.478 e. The van der Waals surface area contributed by atoms with Crippen molar-refractivity contribution >= 4 is 21.9 Å². The van der Waals surface area contributed by atoms with Crippen molar-refractivity contribution < 1.29 is 18.7 Å². The van der Waals surface area contributed by atoms with Crippen LogP contribution in [0, 0.1) is 11.6 Å². The van der Waals surface area contributed by atoms with Crippen LogP contribution < -0.4 is 0 Å². The van der Waals surface area contributed by atoms with Gasteiger partial charge < -0.3 is 5.11 Å². The summed E-state index contributed by atoms with van der Waals surface area (Å²) in [6.07, 6.45) is 0. The van der Waals surface area contributed by atoms with E-state index in [0.29, 0.717) is 4.47 Å². The molecule has 0 aromatic heterocycles. The van der Waals surface area contributed by atoms with Crippen molar-refractivity contribution in [3.05, 3.63) is 58.1 Å². The first-order valence-corrected chi connectivity index (χ1v) is 5.76. The van der Waals surface area contributed by atoms with Crippen molar-refractivity contribution in [2.75, 3.05) is 0 Å². The van der Waals surface area contributed by atoms with E-state index in [1.165, 1.54) is 24.3 Å². The fraction of sp³-hybridized carbons (Fsp3) is 0. The molecule has 2 nitrogen and oxygen atoms in total. The van der Waals surface area contributed by atoms with Crippen molar-refractivity contribution in [1.82, 2.24) is 0 Å². The van der Waals surface area contributed by atoms with Gasteiger partial charge in [0, 0.05) is 10.0 Å². The molecule has 0 heterocycles. The Bertz CT molecular complexity index is 626. The zero-order valence-corrected chi connectivity index (χ0v) is 10.5. The van der Waals surface area contributed by atoms with Crippen LogP contribution in [0.15, 0.2) is 40.9 Å². The second-order valence-corrected chi connectivity index (χ2v) is 4.54. The lowest BCUT2D eigenvalue weighted by molar-refractivity contribution is 0.0692. The maximum absolute atomic E-state index is 13.6. The number of hydrogen-bond acceptors (Lipinski definition) is 1. The van der Waals surface area contributed by atoms with Gasteiger partial charge in [-0.2, -0.15) is 0 Å². The highest BCUT2D eigenvalue weighted by Gasteiger charge is 2.13. The van der Waals surface area contributed by atoms with E-state index in [9.17, 15) is 13.6 Å². The SMILES string of the molecule is O=C(O)c1ccc(-c2cc(Br)ccc2F)cc1F. The van der Waals surface area contributed by atoms with Crippen LogP contribution in [0.5, 0.6) is 0 Å². The maximum atomic E-state index is 13.6. The van der Waals surface area contributed by atoms with Crippen LogP contribution in [-0.2, 0) is 0 Å². The highest BCUT2D eigenvalue weighted by atomic mass is 79.9. The van der Waals surface area contributed by atoms with E-state index in [1.54, 1.807) is 0 Å². The first kappa shape index (κ1) is 12.7. The summed E-state index contributed by atoms with van der Waals surface area (Å²) in [6, 6.07) is 7.78. The predicted octanol–water partition coefficient (Wildman–Crippen LogP) is 4.09. The molecule has 1 N–H and O–H groups in total. The summed E-state index contributed by atoms with van der Waals surface area (Å²) < 4.78 is 27.7. The molecule has 5 heteroatoms. The third-order valence-corrected chi connectivity index (χ3v) is 2.93. The third-order valence-electron chi connectivity index (χ3n) is 2.44. The number of carbonyl (C=O) groups is 1. The molecule has 0 aliphatic rings. The summed E-state index contributed by atoms with van der Waals surface area (Å²) >= 11 is 3.20. The highest BCUT2D eigenvalue weighted by molar-refractivity contribution is 9.10.